The molecule has 0 bridgehead atoms. The Kier molecular flexibility index (Phi) is 11.3. The number of allylic oxidation sites excluding steroid dienone is 7. The Labute approximate surface area is 363 Å². The molecule has 8 rings (SSSR count). The van der Waals surface area contributed by atoms with Gasteiger partial charge >= 0.3 is 5.97 Å². The molecular weight excluding hydrogens is 791 g/mol. The van der Waals surface area contributed by atoms with Crippen molar-refractivity contribution in [3.8, 4) is 0 Å². The minimum atomic E-state index is -0.739. The fourth-order valence-electron chi connectivity index (χ4n) is 12.4. The maximum Gasteiger partial charge on any atom is 0.311 e. The predicted octanol–water partition coefficient (Wildman–Crippen LogP) is 6.98. The third-order valence-corrected chi connectivity index (χ3v) is 16.5. The second-order valence-corrected chi connectivity index (χ2v) is 20.0. The van der Waals surface area contributed by atoms with Crippen molar-refractivity contribution >= 4 is 41.1 Å². The van der Waals surface area contributed by atoms with E-state index in [0.29, 0.717) is 28.3 Å². The van der Waals surface area contributed by atoms with Gasteiger partial charge in [0.2, 0.25) is 23.5 Å². The zero-order valence-corrected chi connectivity index (χ0v) is 37.0. The van der Waals surface area contributed by atoms with Crippen LogP contribution in [0.4, 0.5) is 5.69 Å². The highest BCUT2D eigenvalue weighted by Gasteiger charge is 2.67. The van der Waals surface area contributed by atoms with Crippen LogP contribution in [0.3, 0.4) is 0 Å². The Bertz CT molecular complexity index is 2260. The van der Waals surface area contributed by atoms with Gasteiger partial charge in [-0.3, -0.25) is 34.1 Å². The van der Waals surface area contributed by atoms with Crippen molar-refractivity contribution in [3.63, 3.8) is 0 Å². The van der Waals surface area contributed by atoms with Crippen LogP contribution in [0.25, 0.3) is 0 Å². The van der Waals surface area contributed by atoms with Gasteiger partial charge in [0.25, 0.3) is 5.91 Å². The predicted molar refractivity (Wildman–Crippen MR) is 229 cm³/mol. The molecule has 4 amide bonds. The lowest BCUT2D eigenvalue weighted by Crippen LogP contribution is -2.62. The number of benzene rings is 1. The van der Waals surface area contributed by atoms with E-state index >= 15 is 0 Å². The number of esters is 1. The summed E-state index contributed by atoms with van der Waals surface area (Å²) in [5, 5.41) is 15.6. The molecule has 5 aliphatic carbocycles. The van der Waals surface area contributed by atoms with Crippen LogP contribution in [0, 0.1) is 33.0 Å². The fraction of sp³-hybridized carbons (Fsp3) is 0.592. The second-order valence-electron chi connectivity index (χ2n) is 20.0. The standard InChI is InChI=1S/C49H61N3O10/c1-29-30-10-12-37-47(4,33(30)26-36(53)41(29)56)18-20-49(6)38-27-46(3,16-15-45(38,2)17-19-48(37,49)5)44(59)62-25-24-61-23-22-60-21-14-40(55)50-34-9-7-8-31-32(34)28-52(43(31)58)35-11-13-39(54)51-42(35)57/h7-10,12,26,35,38,56H,11,13-25,27-28H2,1-6H3,(H,50,55)(H,51,54,57)/t35?,38-,45-,46-,47+,48-,49+/m1/s1. The number of carbonyl (C=O) groups excluding carboxylic acids is 6. The highest BCUT2D eigenvalue weighted by molar-refractivity contribution is 6.07. The van der Waals surface area contributed by atoms with Gasteiger partial charge in [0.05, 0.1) is 38.3 Å². The van der Waals surface area contributed by atoms with Crippen molar-refractivity contribution in [2.75, 3.05) is 38.4 Å². The number of aliphatic hydroxyl groups excluding tert-OH is 1. The van der Waals surface area contributed by atoms with Gasteiger partial charge in [0.15, 0.2) is 5.76 Å². The summed E-state index contributed by atoms with van der Waals surface area (Å²) >= 11 is 0. The summed E-state index contributed by atoms with van der Waals surface area (Å²) in [6.07, 6.45) is 13.0. The van der Waals surface area contributed by atoms with Crippen LogP contribution in [0.15, 0.2) is 64.5 Å². The molecule has 0 spiro atoms. The fourth-order valence-corrected chi connectivity index (χ4v) is 12.4. The topological polar surface area (TPSA) is 178 Å². The number of imide groups is 1. The van der Waals surface area contributed by atoms with Crippen LogP contribution >= 0.6 is 0 Å². The highest BCUT2D eigenvalue weighted by Crippen LogP contribution is 2.75. The van der Waals surface area contributed by atoms with Crippen molar-refractivity contribution < 1.29 is 48.1 Å². The molecule has 3 saturated carbocycles. The normalized spacial score (nSPS) is 33.8. The molecule has 4 fully saturated rings. The molecule has 1 unspecified atom stereocenters. The van der Waals surface area contributed by atoms with E-state index in [1.165, 1.54) is 10.5 Å². The number of amides is 4. The summed E-state index contributed by atoms with van der Waals surface area (Å²) < 4.78 is 17.2. The number of ether oxygens (including phenoxy) is 3. The number of carbonyl (C=O) groups is 6. The van der Waals surface area contributed by atoms with Gasteiger partial charge in [-0.1, -0.05) is 51.5 Å². The highest BCUT2D eigenvalue weighted by atomic mass is 16.6. The van der Waals surface area contributed by atoms with Crippen LogP contribution in [0.2, 0.25) is 0 Å². The van der Waals surface area contributed by atoms with Crippen molar-refractivity contribution in [3.05, 3.63) is 75.6 Å². The number of nitrogens with zero attached hydrogens (tertiary/aromatic N) is 1. The molecule has 332 valence electrons. The average Bonchev–Trinajstić information content (AvgIpc) is 3.57. The van der Waals surface area contributed by atoms with Crippen molar-refractivity contribution in [2.24, 2.45) is 33.0 Å². The first kappa shape index (κ1) is 43.8. The number of anilines is 1. The summed E-state index contributed by atoms with van der Waals surface area (Å²) in [7, 11) is 0. The lowest BCUT2D eigenvalue weighted by atomic mass is 9.34. The molecule has 1 saturated heterocycles. The summed E-state index contributed by atoms with van der Waals surface area (Å²) in [6.45, 7) is 14.7. The van der Waals surface area contributed by atoms with Gasteiger partial charge in [0, 0.05) is 40.8 Å². The molecule has 13 heteroatoms. The number of rotatable bonds is 12. The second kappa shape index (κ2) is 16.0. The summed E-state index contributed by atoms with van der Waals surface area (Å²) in [4.78, 5) is 78.1. The van der Waals surface area contributed by atoms with Crippen LogP contribution in [0.5, 0.6) is 0 Å². The minimum absolute atomic E-state index is 0.0714. The van der Waals surface area contributed by atoms with E-state index in [0.717, 1.165) is 56.1 Å². The van der Waals surface area contributed by atoms with Gasteiger partial charge in [0.1, 0.15) is 12.6 Å². The van der Waals surface area contributed by atoms with Gasteiger partial charge in [-0.2, -0.15) is 0 Å². The van der Waals surface area contributed by atoms with Crippen LogP contribution in [-0.2, 0) is 44.7 Å². The van der Waals surface area contributed by atoms with Crippen LogP contribution in [0.1, 0.15) is 122 Å². The van der Waals surface area contributed by atoms with Crippen molar-refractivity contribution in [1.29, 1.82) is 0 Å². The lowest BCUT2D eigenvalue weighted by Gasteiger charge is -2.70. The Morgan fingerprint density at radius 1 is 0.903 bits per heavy atom. The molecule has 62 heavy (non-hydrogen) atoms. The number of ketones is 1. The number of fused-ring (bicyclic) bond motifs is 8. The first-order valence-electron chi connectivity index (χ1n) is 22.3. The van der Waals surface area contributed by atoms with E-state index < -0.39 is 17.4 Å². The molecule has 1 aromatic rings. The SMILES string of the molecule is CC1=C(O)C(=O)C=C2C1=CC=C1[C@@]2(C)CC[C@@]2(C)[C@@H]3C[C@](C)(C(=O)OCCOCCOCCC(=O)Nc4cccc5c4CN(C4CCC(=O)NC4=O)C5=O)CC[C@]3(C)CC[C@]12C. The molecule has 2 heterocycles. The van der Waals surface area contributed by atoms with Gasteiger partial charge < -0.3 is 29.5 Å². The molecule has 13 nitrogen and oxygen atoms in total. The van der Waals surface area contributed by atoms with E-state index in [4.69, 9.17) is 14.2 Å². The molecule has 2 aliphatic heterocycles. The summed E-state index contributed by atoms with van der Waals surface area (Å²) in [5.41, 5.74) is 4.52. The summed E-state index contributed by atoms with van der Waals surface area (Å²) in [5.74, 6) is -1.79. The number of nitrogens with one attached hydrogen (secondary N) is 2. The smallest absolute Gasteiger partial charge is 0.311 e. The number of hydrogen-bond donors (Lipinski definition) is 3. The zero-order valence-electron chi connectivity index (χ0n) is 37.0. The lowest BCUT2D eigenvalue weighted by molar-refractivity contribution is -0.183. The molecule has 1 aromatic carbocycles. The van der Waals surface area contributed by atoms with Gasteiger partial charge in [-0.05, 0) is 117 Å². The van der Waals surface area contributed by atoms with Crippen molar-refractivity contribution in [1.82, 2.24) is 10.2 Å². The van der Waals surface area contributed by atoms with Crippen LogP contribution in [-0.4, -0.2) is 84.5 Å². The Hall–Kier alpha value is -4.88. The first-order chi connectivity index (χ1) is 29.3. The number of hydrogen-bond acceptors (Lipinski definition) is 10. The quantitative estimate of drug-likeness (QED) is 0.113. The molecular formula is C49H61N3O10. The van der Waals surface area contributed by atoms with E-state index in [1.54, 1.807) is 24.3 Å². The van der Waals surface area contributed by atoms with Crippen LogP contribution < -0.4 is 10.6 Å². The van der Waals surface area contributed by atoms with Gasteiger partial charge in [-0.15, -0.1) is 0 Å². The Morgan fingerprint density at radius 2 is 1.63 bits per heavy atom. The third kappa shape index (κ3) is 7.16. The molecule has 7 atom stereocenters. The van der Waals surface area contributed by atoms with E-state index in [-0.39, 0.29) is 116 Å². The maximum atomic E-state index is 13.9. The van der Waals surface area contributed by atoms with E-state index in [1.807, 2.05) is 6.92 Å². The monoisotopic (exact) mass is 851 g/mol. The Morgan fingerprint density at radius 3 is 2.39 bits per heavy atom. The zero-order chi connectivity index (χ0) is 44.4. The number of aliphatic hydroxyl groups is 1. The third-order valence-electron chi connectivity index (χ3n) is 16.5. The Balaban J connectivity index is 0.785. The molecule has 7 aliphatic rings. The summed E-state index contributed by atoms with van der Waals surface area (Å²) in [6, 6.07) is 4.33. The molecule has 3 N–H and O–H groups in total. The minimum Gasteiger partial charge on any atom is -0.504 e. The van der Waals surface area contributed by atoms with E-state index in [9.17, 15) is 33.9 Å². The maximum absolute atomic E-state index is 13.9. The van der Waals surface area contributed by atoms with E-state index in [2.05, 4.69) is 57.4 Å². The van der Waals surface area contributed by atoms with Crippen molar-refractivity contribution in [2.45, 2.75) is 118 Å². The van der Waals surface area contributed by atoms with Gasteiger partial charge in [-0.25, -0.2) is 0 Å². The average molecular weight is 852 g/mol. The first-order valence-corrected chi connectivity index (χ1v) is 22.3. The largest absolute Gasteiger partial charge is 0.504 e. The number of piperidine rings is 1. The molecule has 0 radical (unpaired) electrons. The molecule has 0 aromatic heterocycles.